The molecule has 0 radical (unpaired) electrons. The molecule has 0 spiro atoms. The maximum absolute atomic E-state index is 13.0. The van der Waals surface area contributed by atoms with Crippen LogP contribution in [0.2, 0.25) is 0 Å². The van der Waals surface area contributed by atoms with Crippen LogP contribution >= 0.6 is 34.0 Å². The van der Waals surface area contributed by atoms with E-state index in [1.807, 2.05) is 41.1 Å². The number of aromatic amines is 1. The molecular formula is C51H58N12O12S3. The normalized spacial score (nSPS) is 14.0. The van der Waals surface area contributed by atoms with Gasteiger partial charge in [0.2, 0.25) is 11.8 Å². The number of hydrogen-bond donors (Lipinski definition) is 7. The number of aryl methyl sites for hydroxylation is 2. The maximum atomic E-state index is 13.0. The second kappa shape index (κ2) is 26.3. The van der Waals surface area contributed by atoms with Crippen LogP contribution in [0, 0.1) is 13.8 Å². The van der Waals surface area contributed by atoms with Gasteiger partial charge in [0, 0.05) is 23.9 Å². The quantitative estimate of drug-likeness (QED) is 0.0397. The molecule has 1 fully saturated rings. The van der Waals surface area contributed by atoms with E-state index in [9.17, 15) is 38.4 Å². The van der Waals surface area contributed by atoms with Crippen LogP contribution in [-0.2, 0) is 51.0 Å². The number of fused-ring (bicyclic) bond motifs is 2. The van der Waals surface area contributed by atoms with Crippen LogP contribution in [0.4, 0.5) is 15.1 Å². The highest BCUT2D eigenvalue weighted by Crippen LogP contribution is 2.29. The Morgan fingerprint density at radius 3 is 1.88 bits per heavy atom. The van der Waals surface area contributed by atoms with E-state index in [0.717, 1.165) is 74.9 Å². The molecular weight excluding hydrogens is 1070 g/mol. The molecule has 0 bridgehead atoms. The number of rotatable bonds is 18. The zero-order valence-electron chi connectivity index (χ0n) is 43.6. The number of benzene rings is 2. The van der Waals surface area contributed by atoms with Gasteiger partial charge in [-0.25, -0.2) is 29.0 Å². The second-order valence-corrected chi connectivity index (χ2v) is 21.4. The molecule has 24 nitrogen and oxygen atoms in total. The molecule has 412 valence electrons. The Bertz CT molecular complexity index is 3300. The molecule has 1 saturated heterocycles. The van der Waals surface area contributed by atoms with Crippen LogP contribution in [-0.4, -0.2) is 129 Å². The summed E-state index contributed by atoms with van der Waals surface area (Å²) in [5.41, 5.74) is 3.36. The monoisotopic (exact) mass is 1130 g/mol. The standard InChI is InChI=1S/C28H36N6O7S.C23H22N6O5S2/c1-16-23(24(36)32-19(25(37)39-5)15-29-27(38)41-28(2,3)4)42-26(31-16)33-21(35)13-17-9-8-10-20-18(17)14-30-34(20)22-11-6-7-12-40-22;1-12-19(21(32)27-16(22(33)34-2)11-24-20(31)17-7-4-8-35-17)36-23(26-12)28-18(30)9-13-5-3-6-15-14(13)10-25-29-15/h8-10,14,19,22H,6-7,11-13,15H2,1-5H3,(H,29,38)(H,32,36)(H,31,33,35);3-8,10,16H,9,11H2,1-2H3,(H,24,31)(H,25,29)(H,27,32)(H,26,28,30)/t19-,22?;16-/m00/s1. The number of anilines is 2. The number of H-pyrrole nitrogens is 1. The lowest BCUT2D eigenvalue weighted by Gasteiger charge is -2.23. The molecule has 0 aliphatic carbocycles. The summed E-state index contributed by atoms with van der Waals surface area (Å²) in [5, 5.41) is 31.0. The highest BCUT2D eigenvalue weighted by atomic mass is 32.1. The van der Waals surface area contributed by atoms with Crippen LogP contribution < -0.4 is 31.9 Å². The zero-order chi connectivity index (χ0) is 56.1. The average Bonchev–Trinajstić information content (AvgIpc) is 4.28. The van der Waals surface area contributed by atoms with Crippen molar-refractivity contribution in [1.29, 1.82) is 0 Å². The number of carbonyl (C=O) groups is 8. The molecule has 0 saturated carbocycles. The number of carbonyl (C=O) groups excluding carboxylic acids is 8. The lowest BCUT2D eigenvalue weighted by atomic mass is 10.1. The Labute approximate surface area is 458 Å². The third kappa shape index (κ3) is 15.3. The number of alkyl carbamates (subject to hydrolysis) is 1. The number of aromatic nitrogens is 6. The van der Waals surface area contributed by atoms with Gasteiger partial charge in [0.1, 0.15) is 27.4 Å². The summed E-state index contributed by atoms with van der Waals surface area (Å²) < 4.78 is 22.5. The van der Waals surface area contributed by atoms with E-state index in [1.54, 1.807) is 64.5 Å². The number of nitrogens with zero attached hydrogens (tertiary/aromatic N) is 5. The number of nitrogens with one attached hydrogen (secondary N) is 7. The van der Waals surface area contributed by atoms with E-state index in [-0.39, 0.29) is 69.9 Å². The molecule has 8 rings (SSSR count). The molecule has 3 atom stereocenters. The van der Waals surface area contributed by atoms with E-state index in [0.29, 0.717) is 22.9 Å². The van der Waals surface area contributed by atoms with Crippen LogP contribution in [0.1, 0.15) is 97.8 Å². The summed E-state index contributed by atoms with van der Waals surface area (Å²) in [6.07, 6.45) is 5.74. The average molecular weight is 1130 g/mol. The fourth-order valence-corrected chi connectivity index (χ4v) is 10.3. The first kappa shape index (κ1) is 57.6. The summed E-state index contributed by atoms with van der Waals surface area (Å²) in [7, 11) is 2.37. The van der Waals surface area contributed by atoms with E-state index in [2.05, 4.69) is 57.2 Å². The van der Waals surface area contributed by atoms with Crippen LogP contribution in [0.25, 0.3) is 21.8 Å². The molecule has 2 aromatic carbocycles. The molecule has 1 aliphatic heterocycles. The molecule has 1 aliphatic rings. The summed E-state index contributed by atoms with van der Waals surface area (Å²) in [6.45, 7) is 8.66. The minimum Gasteiger partial charge on any atom is -0.467 e. The molecule has 78 heavy (non-hydrogen) atoms. The predicted octanol–water partition coefficient (Wildman–Crippen LogP) is 5.75. The fourth-order valence-electron chi connectivity index (χ4n) is 7.92. The predicted molar refractivity (Wildman–Crippen MR) is 290 cm³/mol. The number of hydrogen-bond acceptors (Lipinski definition) is 19. The molecule has 7 N–H and O–H groups in total. The van der Waals surface area contributed by atoms with Gasteiger partial charge in [-0.3, -0.25) is 29.1 Å². The van der Waals surface area contributed by atoms with Gasteiger partial charge in [-0.1, -0.05) is 53.0 Å². The Balaban J connectivity index is 0.000000229. The number of esters is 2. The number of amides is 6. The van der Waals surface area contributed by atoms with Crippen molar-refractivity contribution in [2.45, 2.75) is 90.6 Å². The lowest BCUT2D eigenvalue weighted by molar-refractivity contribution is -0.143. The smallest absolute Gasteiger partial charge is 0.407 e. The SMILES string of the molecule is COC(=O)[C@H](CNC(=O)OC(C)(C)C)NC(=O)c1sc(NC(=O)Cc2cccc3c2cnn3C2CCCCO2)nc1C.COC(=O)[C@H](CNC(=O)c1cccs1)NC(=O)c1sc(NC(=O)Cc2cccc3[nH]ncc23)nc1C. The van der Waals surface area contributed by atoms with Crippen molar-refractivity contribution in [3.05, 3.63) is 103 Å². The molecule has 7 aromatic rings. The first-order valence-corrected chi connectivity index (χ1v) is 26.9. The Hall–Kier alpha value is -8.14. The summed E-state index contributed by atoms with van der Waals surface area (Å²) in [4.78, 5) is 110. The zero-order valence-corrected chi connectivity index (χ0v) is 46.0. The number of thiazole rings is 2. The second-order valence-electron chi connectivity index (χ2n) is 18.5. The van der Waals surface area contributed by atoms with Crippen molar-refractivity contribution in [3.8, 4) is 0 Å². The van der Waals surface area contributed by atoms with Crippen LogP contribution in [0.3, 0.4) is 0 Å². The number of methoxy groups -OCH3 is 2. The lowest BCUT2D eigenvalue weighted by Crippen LogP contribution is -2.49. The van der Waals surface area contributed by atoms with Crippen molar-refractivity contribution < 1.29 is 57.3 Å². The van der Waals surface area contributed by atoms with E-state index in [4.69, 9.17) is 18.9 Å². The first-order valence-electron chi connectivity index (χ1n) is 24.4. The minimum atomic E-state index is -1.17. The Kier molecular flexibility index (Phi) is 19.4. The van der Waals surface area contributed by atoms with E-state index in [1.165, 1.54) is 25.6 Å². The van der Waals surface area contributed by atoms with Crippen LogP contribution in [0.5, 0.6) is 0 Å². The van der Waals surface area contributed by atoms with Gasteiger partial charge in [-0.2, -0.15) is 10.2 Å². The van der Waals surface area contributed by atoms with Gasteiger partial charge in [-0.15, -0.1) is 11.3 Å². The molecule has 27 heteroatoms. The van der Waals surface area contributed by atoms with Crippen LogP contribution in [0.15, 0.2) is 66.3 Å². The maximum Gasteiger partial charge on any atom is 0.407 e. The summed E-state index contributed by atoms with van der Waals surface area (Å²) >= 11 is 3.22. The largest absolute Gasteiger partial charge is 0.467 e. The molecule has 6 heterocycles. The molecule has 1 unspecified atom stereocenters. The molecule has 6 amide bonds. The van der Waals surface area contributed by atoms with Gasteiger partial charge in [0.05, 0.1) is 73.3 Å². The summed E-state index contributed by atoms with van der Waals surface area (Å²) in [6, 6.07) is 12.4. The third-order valence-electron chi connectivity index (χ3n) is 11.6. The summed E-state index contributed by atoms with van der Waals surface area (Å²) in [5.74, 6) is -3.60. The van der Waals surface area contributed by atoms with Gasteiger partial charge in [0.25, 0.3) is 17.7 Å². The molecule has 5 aromatic heterocycles. The highest BCUT2D eigenvalue weighted by molar-refractivity contribution is 7.18. The van der Waals surface area contributed by atoms with Gasteiger partial charge in [-0.05, 0) is 88.6 Å². The fraction of sp³-hybridized carbons (Fsp3) is 0.373. The Morgan fingerprint density at radius 1 is 0.744 bits per heavy atom. The Morgan fingerprint density at radius 2 is 1.33 bits per heavy atom. The topological polar surface area (TPSA) is 318 Å². The van der Waals surface area contributed by atoms with Crippen molar-refractivity contribution >= 4 is 114 Å². The number of thiophene rings is 1. The van der Waals surface area contributed by atoms with Crippen molar-refractivity contribution in [3.63, 3.8) is 0 Å². The van der Waals surface area contributed by atoms with E-state index < -0.39 is 47.5 Å². The van der Waals surface area contributed by atoms with Crippen molar-refractivity contribution in [2.75, 3.05) is 44.5 Å². The first-order chi connectivity index (χ1) is 37.3. The van der Waals surface area contributed by atoms with Gasteiger partial charge < -0.3 is 50.8 Å². The van der Waals surface area contributed by atoms with E-state index >= 15 is 0 Å². The van der Waals surface area contributed by atoms with Crippen molar-refractivity contribution in [1.82, 2.24) is 51.2 Å². The highest BCUT2D eigenvalue weighted by Gasteiger charge is 2.29. The van der Waals surface area contributed by atoms with Gasteiger partial charge >= 0.3 is 18.0 Å². The minimum absolute atomic E-state index is 0.0788. The third-order valence-corrected chi connectivity index (χ3v) is 14.6. The van der Waals surface area contributed by atoms with Gasteiger partial charge in [0.15, 0.2) is 16.5 Å². The number of ether oxygens (including phenoxy) is 4. The van der Waals surface area contributed by atoms with Crippen molar-refractivity contribution in [2.24, 2.45) is 0 Å².